The van der Waals surface area contributed by atoms with E-state index in [9.17, 15) is 9.18 Å². The monoisotopic (exact) mass is 179 g/mol. The van der Waals surface area contributed by atoms with Crippen LogP contribution in [-0.4, -0.2) is 10.1 Å². The third kappa shape index (κ3) is 1.21. The Morgan fingerprint density at radius 2 is 1.85 bits per heavy atom. The summed E-state index contributed by atoms with van der Waals surface area (Å²) in [5.74, 6) is -2.17. The first kappa shape index (κ1) is 8.75. The first-order valence-corrected chi connectivity index (χ1v) is 3.06. The fourth-order valence-corrected chi connectivity index (χ4v) is 0.763. The molecule has 0 unspecified atom stereocenters. The van der Waals surface area contributed by atoms with Gasteiger partial charge in [-0.2, -0.15) is 10.5 Å². The lowest BCUT2D eigenvalue weighted by molar-refractivity contribution is 0.442. The fourth-order valence-electron chi connectivity index (χ4n) is 0.763. The number of nitrogens with one attached hydrogen (secondary N) is 1. The van der Waals surface area contributed by atoms with Gasteiger partial charge in [-0.3, -0.25) is 9.78 Å². The minimum atomic E-state index is -1.30. The van der Waals surface area contributed by atoms with Gasteiger partial charge in [0.15, 0.2) is 11.4 Å². The third-order valence-electron chi connectivity index (χ3n) is 1.36. The zero-order valence-electron chi connectivity index (χ0n) is 6.13. The van der Waals surface area contributed by atoms with Crippen molar-refractivity contribution in [3.63, 3.8) is 0 Å². The van der Waals surface area contributed by atoms with Gasteiger partial charge in [-0.15, -0.1) is 0 Å². The van der Waals surface area contributed by atoms with E-state index in [4.69, 9.17) is 15.6 Å². The van der Waals surface area contributed by atoms with E-state index in [2.05, 4.69) is 0 Å². The lowest BCUT2D eigenvalue weighted by atomic mass is 10.2. The Bertz CT molecular complexity index is 492. The van der Waals surface area contributed by atoms with Crippen molar-refractivity contribution < 1.29 is 9.50 Å². The predicted octanol–water partition coefficient (Wildman–Crippen LogP) is -0.0370. The number of H-pyrrole nitrogens is 1. The number of nitrogens with zero attached hydrogens (tertiary/aromatic N) is 2. The Hall–Kier alpha value is -2.34. The lowest BCUT2D eigenvalue weighted by Crippen LogP contribution is -2.13. The Labute approximate surface area is 71.3 Å². The minimum absolute atomic E-state index is 0.740. The topological polar surface area (TPSA) is 101 Å². The SMILES string of the molecule is N#Cc1c(O)[nH]c(=O)c(C#N)c1F. The van der Waals surface area contributed by atoms with Crippen LogP contribution in [0, 0.1) is 28.5 Å². The third-order valence-corrected chi connectivity index (χ3v) is 1.36. The van der Waals surface area contributed by atoms with Crippen LogP contribution >= 0.6 is 0 Å². The molecule has 64 valence electrons. The first-order chi connectivity index (χ1) is 6.11. The molecule has 13 heavy (non-hydrogen) atoms. The van der Waals surface area contributed by atoms with Gasteiger partial charge in [0.1, 0.15) is 17.7 Å². The Kier molecular flexibility index (Phi) is 1.99. The van der Waals surface area contributed by atoms with Crippen molar-refractivity contribution >= 4 is 0 Å². The molecular weight excluding hydrogens is 177 g/mol. The number of aromatic amines is 1. The van der Waals surface area contributed by atoms with E-state index in [-0.39, 0.29) is 0 Å². The maximum atomic E-state index is 13.0. The van der Waals surface area contributed by atoms with Crippen LogP contribution in [0.3, 0.4) is 0 Å². The summed E-state index contributed by atoms with van der Waals surface area (Å²) < 4.78 is 13.0. The smallest absolute Gasteiger partial charge is 0.271 e. The molecule has 0 spiro atoms. The predicted molar refractivity (Wildman–Crippen MR) is 38.1 cm³/mol. The first-order valence-electron chi connectivity index (χ1n) is 3.06. The van der Waals surface area contributed by atoms with Gasteiger partial charge in [0, 0.05) is 0 Å². The van der Waals surface area contributed by atoms with Crippen molar-refractivity contribution in [1.82, 2.24) is 4.98 Å². The van der Waals surface area contributed by atoms with Crippen molar-refractivity contribution in [2.75, 3.05) is 0 Å². The highest BCUT2D eigenvalue weighted by Gasteiger charge is 2.16. The lowest BCUT2D eigenvalue weighted by Gasteiger charge is -1.97. The highest BCUT2D eigenvalue weighted by Crippen LogP contribution is 2.15. The number of hydrogen-bond donors (Lipinski definition) is 2. The normalized spacial score (nSPS) is 8.85. The molecule has 6 heteroatoms. The Balaban J connectivity index is 3.74. The quantitative estimate of drug-likeness (QED) is 0.583. The molecule has 0 bridgehead atoms. The number of aromatic nitrogens is 1. The van der Waals surface area contributed by atoms with Gasteiger partial charge < -0.3 is 5.11 Å². The number of nitriles is 2. The summed E-state index contributed by atoms with van der Waals surface area (Å²) in [5.41, 5.74) is -2.61. The van der Waals surface area contributed by atoms with Crippen molar-refractivity contribution in [1.29, 1.82) is 10.5 Å². The maximum Gasteiger partial charge on any atom is 0.271 e. The van der Waals surface area contributed by atoms with Gasteiger partial charge in [-0.1, -0.05) is 0 Å². The van der Waals surface area contributed by atoms with Crippen molar-refractivity contribution in [3.8, 4) is 18.0 Å². The van der Waals surface area contributed by atoms with E-state index in [1.807, 2.05) is 0 Å². The van der Waals surface area contributed by atoms with Crippen LogP contribution in [0.2, 0.25) is 0 Å². The molecule has 0 aliphatic carbocycles. The van der Waals surface area contributed by atoms with E-state index in [1.165, 1.54) is 12.1 Å². The van der Waals surface area contributed by atoms with E-state index >= 15 is 0 Å². The van der Waals surface area contributed by atoms with Gasteiger partial charge in [0.05, 0.1) is 0 Å². The molecule has 0 atom stereocenters. The molecule has 0 aliphatic rings. The van der Waals surface area contributed by atoms with Crippen LogP contribution in [0.15, 0.2) is 4.79 Å². The molecule has 1 aromatic rings. The van der Waals surface area contributed by atoms with Crippen LogP contribution in [0.4, 0.5) is 4.39 Å². The second-order valence-corrected chi connectivity index (χ2v) is 2.09. The summed E-state index contributed by atoms with van der Waals surface area (Å²) in [4.78, 5) is 12.5. The van der Waals surface area contributed by atoms with Crippen LogP contribution in [-0.2, 0) is 0 Å². The number of rotatable bonds is 0. The van der Waals surface area contributed by atoms with Crippen molar-refractivity contribution in [2.24, 2.45) is 0 Å². The van der Waals surface area contributed by atoms with Gasteiger partial charge in [-0.05, 0) is 0 Å². The van der Waals surface area contributed by atoms with Gasteiger partial charge in [0.2, 0.25) is 5.88 Å². The minimum Gasteiger partial charge on any atom is -0.494 e. The molecule has 5 nitrogen and oxygen atoms in total. The molecule has 0 amide bonds. The highest BCUT2D eigenvalue weighted by molar-refractivity contribution is 5.44. The molecule has 1 heterocycles. The standard InChI is InChI=1S/C7H2FN3O2/c8-5-3(1-9)6(12)11-7(13)4(5)2-10/h(H2,11,12,13). The van der Waals surface area contributed by atoms with Crippen LogP contribution in [0.25, 0.3) is 0 Å². The molecule has 1 aromatic heterocycles. The summed E-state index contributed by atoms with van der Waals surface area (Å²) in [6.45, 7) is 0. The number of halogens is 1. The zero-order valence-corrected chi connectivity index (χ0v) is 6.13. The fraction of sp³-hybridized carbons (Fsp3) is 0. The van der Waals surface area contributed by atoms with Crippen molar-refractivity contribution in [2.45, 2.75) is 0 Å². The zero-order chi connectivity index (χ0) is 10.0. The summed E-state index contributed by atoms with van der Waals surface area (Å²) in [6.07, 6.45) is 0. The summed E-state index contributed by atoms with van der Waals surface area (Å²) >= 11 is 0. The van der Waals surface area contributed by atoms with Crippen molar-refractivity contribution in [3.05, 3.63) is 27.3 Å². The van der Waals surface area contributed by atoms with E-state index in [1.54, 1.807) is 4.98 Å². The average molecular weight is 179 g/mol. The van der Waals surface area contributed by atoms with Gasteiger partial charge >= 0.3 is 0 Å². The highest BCUT2D eigenvalue weighted by atomic mass is 19.1. The summed E-state index contributed by atoms with van der Waals surface area (Å²) in [7, 11) is 0. The second kappa shape index (κ2) is 2.95. The van der Waals surface area contributed by atoms with Crippen LogP contribution < -0.4 is 5.56 Å². The molecule has 1 rings (SSSR count). The van der Waals surface area contributed by atoms with Crippen LogP contribution in [0.1, 0.15) is 11.1 Å². The summed E-state index contributed by atoms with van der Waals surface area (Å²) in [5, 5.41) is 25.5. The molecule has 0 aliphatic heterocycles. The number of aromatic hydroxyl groups is 1. The Morgan fingerprint density at radius 1 is 1.31 bits per heavy atom. The van der Waals surface area contributed by atoms with E-state index < -0.39 is 28.4 Å². The molecular formula is C7H2FN3O2. The molecule has 0 radical (unpaired) electrons. The molecule has 2 N–H and O–H groups in total. The molecule has 0 aromatic carbocycles. The molecule has 0 saturated heterocycles. The number of hydrogen-bond acceptors (Lipinski definition) is 4. The Morgan fingerprint density at radius 3 is 2.31 bits per heavy atom. The van der Waals surface area contributed by atoms with Gasteiger partial charge in [0.25, 0.3) is 5.56 Å². The van der Waals surface area contributed by atoms with Crippen LogP contribution in [0.5, 0.6) is 5.88 Å². The average Bonchev–Trinajstić information content (AvgIpc) is 2.04. The number of pyridine rings is 1. The molecule has 0 fully saturated rings. The van der Waals surface area contributed by atoms with E-state index in [0.717, 1.165) is 0 Å². The second-order valence-electron chi connectivity index (χ2n) is 2.09. The largest absolute Gasteiger partial charge is 0.494 e. The molecule has 0 saturated carbocycles. The van der Waals surface area contributed by atoms with E-state index in [0.29, 0.717) is 0 Å². The summed E-state index contributed by atoms with van der Waals surface area (Å²) in [6, 6.07) is 2.60. The van der Waals surface area contributed by atoms with Gasteiger partial charge in [-0.25, -0.2) is 4.39 Å². The maximum absolute atomic E-state index is 13.0.